The van der Waals surface area contributed by atoms with E-state index in [0.29, 0.717) is 0 Å². The molecule has 2 aromatic rings. The number of hydrogen-bond donors (Lipinski definition) is 1. The fraction of sp³-hybridized carbons (Fsp3) is 0.357. The number of ether oxygens (including phenoxy) is 1. The van der Waals surface area contributed by atoms with E-state index in [4.69, 9.17) is 4.74 Å². The highest BCUT2D eigenvalue weighted by Gasteiger charge is 2.05. The Bertz CT molecular complexity index is 496. The van der Waals surface area contributed by atoms with Gasteiger partial charge in [0.1, 0.15) is 10.8 Å². The summed E-state index contributed by atoms with van der Waals surface area (Å²) >= 11 is 1.67. The number of nitrogens with zero attached hydrogens (tertiary/aromatic N) is 1. The Morgan fingerprint density at radius 2 is 2.28 bits per heavy atom. The Balaban J connectivity index is 2.08. The van der Waals surface area contributed by atoms with Gasteiger partial charge in [0.2, 0.25) is 0 Å². The van der Waals surface area contributed by atoms with Gasteiger partial charge >= 0.3 is 0 Å². The number of nitrogens with one attached hydrogen (secondary N) is 1. The molecule has 0 bridgehead atoms. The maximum absolute atomic E-state index is 5.23. The minimum absolute atomic E-state index is 0.842. The van der Waals surface area contributed by atoms with Gasteiger partial charge in [0.25, 0.3) is 0 Å². The molecule has 0 radical (unpaired) electrons. The Kier molecular flexibility index (Phi) is 4.73. The highest BCUT2D eigenvalue weighted by atomic mass is 32.1. The van der Waals surface area contributed by atoms with E-state index < -0.39 is 0 Å². The van der Waals surface area contributed by atoms with Crippen molar-refractivity contribution in [3.05, 3.63) is 35.3 Å². The summed E-state index contributed by atoms with van der Waals surface area (Å²) in [5, 5.41) is 6.51. The summed E-state index contributed by atoms with van der Waals surface area (Å²) in [7, 11) is 1.68. The van der Waals surface area contributed by atoms with Crippen LogP contribution in [-0.2, 0) is 6.54 Å². The van der Waals surface area contributed by atoms with Gasteiger partial charge in [-0.1, -0.05) is 19.1 Å². The second-order valence-corrected chi connectivity index (χ2v) is 4.91. The first-order valence-corrected chi connectivity index (χ1v) is 7.01. The normalized spacial score (nSPS) is 10.6. The van der Waals surface area contributed by atoms with E-state index in [1.807, 2.05) is 18.2 Å². The van der Waals surface area contributed by atoms with Crippen molar-refractivity contribution in [1.29, 1.82) is 0 Å². The molecule has 0 fully saturated rings. The van der Waals surface area contributed by atoms with Crippen molar-refractivity contribution in [2.45, 2.75) is 19.9 Å². The fourth-order valence-electron chi connectivity index (χ4n) is 1.67. The van der Waals surface area contributed by atoms with Gasteiger partial charge in [-0.25, -0.2) is 4.98 Å². The van der Waals surface area contributed by atoms with Gasteiger partial charge in [-0.05, 0) is 25.1 Å². The van der Waals surface area contributed by atoms with Gasteiger partial charge in [-0.15, -0.1) is 11.3 Å². The average Bonchev–Trinajstić information content (AvgIpc) is 2.88. The van der Waals surface area contributed by atoms with Gasteiger partial charge in [0.05, 0.1) is 12.8 Å². The van der Waals surface area contributed by atoms with E-state index in [2.05, 4.69) is 28.7 Å². The zero-order valence-corrected chi connectivity index (χ0v) is 11.6. The lowest BCUT2D eigenvalue weighted by Gasteiger charge is -2.01. The first kappa shape index (κ1) is 13.1. The van der Waals surface area contributed by atoms with Crippen LogP contribution in [-0.4, -0.2) is 18.6 Å². The lowest BCUT2D eigenvalue weighted by Crippen LogP contribution is -2.13. The largest absolute Gasteiger partial charge is 0.497 e. The third-order valence-electron chi connectivity index (χ3n) is 2.60. The van der Waals surface area contributed by atoms with Crippen LogP contribution >= 0.6 is 11.3 Å². The molecule has 2 rings (SSSR count). The molecule has 1 aromatic carbocycles. The Morgan fingerprint density at radius 3 is 3.06 bits per heavy atom. The van der Waals surface area contributed by atoms with E-state index in [9.17, 15) is 0 Å². The van der Waals surface area contributed by atoms with Gasteiger partial charge < -0.3 is 10.1 Å². The second-order valence-electron chi connectivity index (χ2n) is 4.05. The van der Waals surface area contributed by atoms with Crippen LogP contribution in [0.15, 0.2) is 29.6 Å². The maximum atomic E-state index is 5.23. The van der Waals surface area contributed by atoms with Crippen LogP contribution in [0.2, 0.25) is 0 Å². The molecule has 3 nitrogen and oxygen atoms in total. The molecule has 18 heavy (non-hydrogen) atoms. The molecule has 0 amide bonds. The topological polar surface area (TPSA) is 34.1 Å². The standard InChI is InChI=1S/C14H18N2OS/c1-3-7-15-9-12-10-18-14(16-12)11-5-4-6-13(8-11)17-2/h4-6,8,10,15H,3,7,9H2,1-2H3. The van der Waals surface area contributed by atoms with E-state index in [0.717, 1.165) is 41.5 Å². The van der Waals surface area contributed by atoms with Crippen molar-refractivity contribution >= 4 is 11.3 Å². The summed E-state index contributed by atoms with van der Waals surface area (Å²) in [4.78, 5) is 4.63. The molecule has 0 saturated heterocycles. The van der Waals surface area contributed by atoms with Gasteiger partial charge in [0.15, 0.2) is 0 Å². The Labute approximate surface area is 112 Å². The summed E-state index contributed by atoms with van der Waals surface area (Å²) < 4.78 is 5.23. The van der Waals surface area contributed by atoms with Crippen molar-refractivity contribution < 1.29 is 4.74 Å². The molecule has 1 aromatic heterocycles. The number of methoxy groups -OCH3 is 1. The molecule has 0 unspecified atom stereocenters. The van der Waals surface area contributed by atoms with Crippen LogP contribution in [0.25, 0.3) is 10.6 Å². The highest BCUT2D eigenvalue weighted by molar-refractivity contribution is 7.13. The van der Waals surface area contributed by atoms with E-state index in [1.165, 1.54) is 0 Å². The summed E-state index contributed by atoms with van der Waals surface area (Å²) in [5.41, 5.74) is 2.22. The number of hydrogen-bond acceptors (Lipinski definition) is 4. The smallest absolute Gasteiger partial charge is 0.123 e. The number of thiazole rings is 1. The zero-order chi connectivity index (χ0) is 12.8. The predicted molar refractivity (Wildman–Crippen MR) is 76.1 cm³/mol. The number of aromatic nitrogens is 1. The van der Waals surface area contributed by atoms with E-state index in [-0.39, 0.29) is 0 Å². The average molecular weight is 262 g/mol. The second kappa shape index (κ2) is 6.52. The third-order valence-corrected chi connectivity index (χ3v) is 3.54. The van der Waals surface area contributed by atoms with E-state index in [1.54, 1.807) is 18.4 Å². The van der Waals surface area contributed by atoms with Gasteiger partial charge in [0, 0.05) is 17.5 Å². The summed E-state index contributed by atoms with van der Waals surface area (Å²) in [5.74, 6) is 0.869. The summed E-state index contributed by atoms with van der Waals surface area (Å²) in [6.07, 6.45) is 1.15. The Morgan fingerprint density at radius 1 is 1.39 bits per heavy atom. The predicted octanol–water partition coefficient (Wildman–Crippen LogP) is 3.32. The minimum atomic E-state index is 0.842. The molecular weight excluding hydrogens is 244 g/mol. The van der Waals surface area contributed by atoms with Crippen molar-refractivity contribution in [1.82, 2.24) is 10.3 Å². The molecule has 1 heterocycles. The molecule has 0 aliphatic heterocycles. The van der Waals surface area contributed by atoms with Crippen molar-refractivity contribution in [2.24, 2.45) is 0 Å². The molecule has 0 atom stereocenters. The summed E-state index contributed by atoms with van der Waals surface area (Å²) in [6, 6.07) is 8.01. The first-order valence-electron chi connectivity index (χ1n) is 6.13. The first-order chi connectivity index (χ1) is 8.83. The monoisotopic (exact) mass is 262 g/mol. The van der Waals surface area contributed by atoms with Crippen LogP contribution < -0.4 is 10.1 Å². The lowest BCUT2D eigenvalue weighted by molar-refractivity contribution is 0.415. The number of rotatable bonds is 6. The zero-order valence-electron chi connectivity index (χ0n) is 10.8. The molecule has 4 heteroatoms. The molecular formula is C14H18N2OS. The van der Waals surface area contributed by atoms with Crippen molar-refractivity contribution in [3.63, 3.8) is 0 Å². The van der Waals surface area contributed by atoms with Crippen LogP contribution in [0.1, 0.15) is 19.0 Å². The SMILES string of the molecule is CCCNCc1csc(-c2cccc(OC)c2)n1. The highest BCUT2D eigenvalue weighted by Crippen LogP contribution is 2.26. The molecule has 0 saturated carbocycles. The summed E-state index contributed by atoms with van der Waals surface area (Å²) in [6.45, 7) is 4.04. The van der Waals surface area contributed by atoms with Gasteiger partial charge in [-0.3, -0.25) is 0 Å². The van der Waals surface area contributed by atoms with Gasteiger partial charge in [-0.2, -0.15) is 0 Å². The van der Waals surface area contributed by atoms with Crippen LogP contribution in [0, 0.1) is 0 Å². The Hall–Kier alpha value is -1.39. The molecule has 0 spiro atoms. The molecule has 0 aliphatic rings. The molecule has 0 aliphatic carbocycles. The van der Waals surface area contributed by atoms with E-state index >= 15 is 0 Å². The van der Waals surface area contributed by atoms with Crippen LogP contribution in [0.5, 0.6) is 5.75 Å². The van der Waals surface area contributed by atoms with Crippen LogP contribution in [0.3, 0.4) is 0 Å². The fourth-order valence-corrected chi connectivity index (χ4v) is 2.49. The minimum Gasteiger partial charge on any atom is -0.497 e. The quantitative estimate of drug-likeness (QED) is 0.811. The maximum Gasteiger partial charge on any atom is 0.123 e. The van der Waals surface area contributed by atoms with Crippen molar-refractivity contribution in [2.75, 3.05) is 13.7 Å². The molecule has 1 N–H and O–H groups in total. The lowest BCUT2D eigenvalue weighted by atomic mass is 10.2. The number of benzene rings is 1. The molecule has 96 valence electrons. The van der Waals surface area contributed by atoms with Crippen LogP contribution in [0.4, 0.5) is 0 Å². The third kappa shape index (κ3) is 3.31. The van der Waals surface area contributed by atoms with Crippen molar-refractivity contribution in [3.8, 4) is 16.3 Å².